The van der Waals surface area contributed by atoms with Gasteiger partial charge in [0.1, 0.15) is 11.0 Å². The summed E-state index contributed by atoms with van der Waals surface area (Å²) < 4.78 is 5.18. The first-order chi connectivity index (χ1) is 13.5. The van der Waals surface area contributed by atoms with Crippen molar-refractivity contribution in [1.29, 1.82) is 0 Å². The van der Waals surface area contributed by atoms with Gasteiger partial charge in [-0.25, -0.2) is 4.79 Å². The third-order valence-corrected chi connectivity index (χ3v) is 6.08. The summed E-state index contributed by atoms with van der Waals surface area (Å²) in [4.78, 5) is 37.4. The zero-order valence-electron chi connectivity index (χ0n) is 16.7. The molecule has 28 heavy (non-hydrogen) atoms. The number of hydrogen-bond donors (Lipinski definition) is 2. The van der Waals surface area contributed by atoms with Crippen LogP contribution in [0.25, 0.3) is 0 Å². The first-order valence-corrected chi connectivity index (χ1v) is 10.9. The molecule has 8 heteroatoms. The van der Waals surface area contributed by atoms with Crippen LogP contribution in [0, 0.1) is 0 Å². The standard InChI is InChI=1S/C20H30N2O5S/c1-3-5-8-11-21-14(19(24)25)12-16(23)22-18-17(20(26)27-4-2)13-9-6-7-10-15(13)28-18/h14,21H,3-12H2,1-2H3,(H,22,23)(H,24,25)/t14-/m1/s1. The van der Waals surface area contributed by atoms with E-state index in [0.29, 0.717) is 17.1 Å². The van der Waals surface area contributed by atoms with Crippen molar-refractivity contribution in [3.8, 4) is 0 Å². The van der Waals surface area contributed by atoms with Crippen LogP contribution in [0.3, 0.4) is 0 Å². The highest BCUT2D eigenvalue weighted by Crippen LogP contribution is 2.38. The number of esters is 1. The second-order valence-corrected chi connectivity index (χ2v) is 8.15. The summed E-state index contributed by atoms with van der Waals surface area (Å²) in [6.45, 7) is 4.72. The summed E-state index contributed by atoms with van der Waals surface area (Å²) in [5.74, 6) is -2.10. The van der Waals surface area contributed by atoms with E-state index in [9.17, 15) is 19.5 Å². The first kappa shape index (κ1) is 22.4. The normalized spacial score (nSPS) is 14.2. The molecule has 1 aromatic rings. The van der Waals surface area contributed by atoms with Crippen molar-refractivity contribution in [1.82, 2.24) is 0 Å². The monoisotopic (exact) mass is 410 g/mol. The minimum atomic E-state index is -1.25. The van der Waals surface area contributed by atoms with Crippen LogP contribution in [0.4, 0.5) is 5.00 Å². The molecule has 0 bridgehead atoms. The number of nitrogens with two attached hydrogens (primary N) is 1. The number of carboxylic acids is 1. The summed E-state index contributed by atoms with van der Waals surface area (Å²) in [6.07, 6.45) is 6.51. The van der Waals surface area contributed by atoms with Gasteiger partial charge in [0.15, 0.2) is 0 Å². The Labute approximate surface area is 169 Å². The Hall–Kier alpha value is -1.93. The molecule has 3 N–H and O–H groups in total. The van der Waals surface area contributed by atoms with Gasteiger partial charge in [0.25, 0.3) is 0 Å². The van der Waals surface area contributed by atoms with E-state index in [4.69, 9.17) is 4.74 Å². The molecule has 0 saturated heterocycles. The average Bonchev–Trinajstić information content (AvgIpc) is 3.01. The van der Waals surface area contributed by atoms with Crippen molar-refractivity contribution < 1.29 is 29.5 Å². The smallest absolute Gasteiger partial charge is 0.341 e. The molecule has 1 amide bonds. The maximum Gasteiger partial charge on any atom is 0.341 e. The van der Waals surface area contributed by atoms with Crippen LogP contribution in [-0.2, 0) is 27.2 Å². The summed E-state index contributed by atoms with van der Waals surface area (Å²) in [5, 5.41) is 16.3. The minimum absolute atomic E-state index is 0.195. The number of amides is 1. The lowest BCUT2D eigenvalue weighted by molar-refractivity contribution is -0.682. The van der Waals surface area contributed by atoms with Gasteiger partial charge in [0.2, 0.25) is 5.91 Å². The van der Waals surface area contributed by atoms with Gasteiger partial charge in [-0.05, 0) is 51.0 Å². The predicted octanol–water partition coefficient (Wildman–Crippen LogP) is 1.00. The SMILES string of the molecule is CCCCC[NH2+][C@H](CC(=O)Nc1sc2c(c1C(=O)OCC)CCCC2)C(=O)[O-]. The molecular weight excluding hydrogens is 380 g/mol. The Bertz CT molecular complexity index is 701. The quantitative estimate of drug-likeness (QED) is 0.418. The van der Waals surface area contributed by atoms with Gasteiger partial charge in [-0.1, -0.05) is 13.3 Å². The maximum atomic E-state index is 12.5. The molecular formula is C20H30N2O5S. The second kappa shape index (κ2) is 11.2. The lowest BCUT2D eigenvalue weighted by Crippen LogP contribution is -2.93. The third-order valence-electron chi connectivity index (χ3n) is 4.87. The Balaban J connectivity index is 2.08. The molecule has 1 heterocycles. The fourth-order valence-electron chi connectivity index (χ4n) is 3.43. The Morgan fingerprint density at radius 1 is 1.21 bits per heavy atom. The molecule has 1 aliphatic rings. The van der Waals surface area contributed by atoms with Gasteiger partial charge in [-0.2, -0.15) is 0 Å². The van der Waals surface area contributed by atoms with E-state index in [0.717, 1.165) is 55.4 Å². The molecule has 1 aliphatic carbocycles. The van der Waals surface area contributed by atoms with Gasteiger partial charge in [-0.3, -0.25) is 4.79 Å². The van der Waals surface area contributed by atoms with Crippen LogP contribution in [0.1, 0.15) is 73.2 Å². The summed E-state index contributed by atoms with van der Waals surface area (Å²) in [7, 11) is 0. The summed E-state index contributed by atoms with van der Waals surface area (Å²) >= 11 is 1.40. The lowest BCUT2D eigenvalue weighted by Gasteiger charge is -2.16. The molecule has 0 fully saturated rings. The number of anilines is 1. The van der Waals surface area contributed by atoms with E-state index >= 15 is 0 Å². The number of quaternary nitrogens is 1. The number of carbonyl (C=O) groups excluding carboxylic acids is 3. The van der Waals surface area contributed by atoms with Crippen molar-refractivity contribution >= 4 is 34.2 Å². The second-order valence-electron chi connectivity index (χ2n) is 7.04. The molecule has 1 aromatic heterocycles. The van der Waals surface area contributed by atoms with Crippen LogP contribution in [-0.4, -0.2) is 37.0 Å². The molecule has 0 spiro atoms. The van der Waals surface area contributed by atoms with Gasteiger partial charge in [-0.15, -0.1) is 11.3 Å². The minimum Gasteiger partial charge on any atom is -0.544 e. The van der Waals surface area contributed by atoms with Crippen LogP contribution in [0.5, 0.6) is 0 Å². The Kier molecular flexibility index (Phi) is 8.92. The van der Waals surface area contributed by atoms with Crippen LogP contribution < -0.4 is 15.7 Å². The zero-order chi connectivity index (χ0) is 20.5. The molecule has 0 saturated carbocycles. The van der Waals surface area contributed by atoms with Crippen LogP contribution in [0.15, 0.2) is 0 Å². The zero-order valence-corrected chi connectivity index (χ0v) is 17.5. The predicted molar refractivity (Wildman–Crippen MR) is 105 cm³/mol. The lowest BCUT2D eigenvalue weighted by atomic mass is 9.95. The van der Waals surface area contributed by atoms with E-state index in [1.807, 2.05) is 0 Å². The van der Waals surface area contributed by atoms with Gasteiger partial charge in [0.05, 0.1) is 31.1 Å². The average molecular weight is 411 g/mol. The molecule has 0 unspecified atom stereocenters. The number of unbranched alkanes of at least 4 members (excludes halogenated alkanes) is 2. The number of thiophene rings is 1. The number of aliphatic carboxylic acids is 1. The number of fused-ring (bicyclic) bond motifs is 1. The van der Waals surface area contributed by atoms with E-state index in [-0.39, 0.29) is 13.0 Å². The van der Waals surface area contributed by atoms with Crippen molar-refractivity contribution in [3.63, 3.8) is 0 Å². The Morgan fingerprint density at radius 2 is 1.96 bits per heavy atom. The number of hydrogen-bond acceptors (Lipinski definition) is 6. The van der Waals surface area contributed by atoms with Gasteiger partial charge >= 0.3 is 5.97 Å². The number of aryl methyl sites for hydroxylation is 1. The molecule has 0 aromatic carbocycles. The largest absolute Gasteiger partial charge is 0.544 e. The topological polar surface area (TPSA) is 112 Å². The first-order valence-electron chi connectivity index (χ1n) is 10.1. The Morgan fingerprint density at radius 3 is 2.64 bits per heavy atom. The van der Waals surface area contributed by atoms with E-state index in [1.165, 1.54) is 11.3 Å². The van der Waals surface area contributed by atoms with E-state index in [2.05, 4.69) is 12.2 Å². The number of nitrogens with one attached hydrogen (secondary N) is 1. The number of rotatable bonds is 11. The van der Waals surface area contributed by atoms with Crippen LogP contribution >= 0.6 is 11.3 Å². The number of carboxylic acid groups (broad SMARTS) is 1. The fraction of sp³-hybridized carbons (Fsp3) is 0.650. The van der Waals surface area contributed by atoms with Crippen molar-refractivity contribution in [3.05, 3.63) is 16.0 Å². The third kappa shape index (κ3) is 6.04. The number of carbonyl (C=O) groups is 3. The molecule has 2 rings (SSSR count). The molecule has 0 radical (unpaired) electrons. The highest BCUT2D eigenvalue weighted by molar-refractivity contribution is 7.17. The van der Waals surface area contributed by atoms with Crippen LogP contribution in [0.2, 0.25) is 0 Å². The summed E-state index contributed by atoms with van der Waals surface area (Å²) in [6, 6.07) is -0.933. The van der Waals surface area contributed by atoms with Crippen molar-refractivity contribution in [2.75, 3.05) is 18.5 Å². The molecule has 7 nitrogen and oxygen atoms in total. The fourth-order valence-corrected chi connectivity index (χ4v) is 4.72. The van der Waals surface area contributed by atoms with Crippen molar-refractivity contribution in [2.24, 2.45) is 0 Å². The van der Waals surface area contributed by atoms with E-state index in [1.54, 1.807) is 12.2 Å². The van der Waals surface area contributed by atoms with Gasteiger partial charge < -0.3 is 25.3 Å². The molecule has 156 valence electrons. The highest BCUT2D eigenvalue weighted by Gasteiger charge is 2.28. The van der Waals surface area contributed by atoms with E-state index < -0.39 is 23.9 Å². The molecule has 0 aliphatic heterocycles. The molecule has 1 atom stereocenters. The van der Waals surface area contributed by atoms with Gasteiger partial charge in [0, 0.05) is 4.88 Å². The highest BCUT2D eigenvalue weighted by atomic mass is 32.1. The van der Waals surface area contributed by atoms with Crippen molar-refractivity contribution in [2.45, 2.75) is 71.3 Å². The number of ether oxygens (including phenoxy) is 1. The summed E-state index contributed by atoms with van der Waals surface area (Å²) in [5.41, 5.74) is 1.40. The maximum absolute atomic E-state index is 12.5.